The summed E-state index contributed by atoms with van der Waals surface area (Å²) in [5.41, 5.74) is 1.79. The highest BCUT2D eigenvalue weighted by Crippen LogP contribution is 2.30. The molecule has 3 rings (SSSR count). The van der Waals surface area contributed by atoms with Gasteiger partial charge in [-0.25, -0.2) is 9.55 Å². The fraction of sp³-hybridized carbons (Fsp3) is 0.143. The van der Waals surface area contributed by atoms with E-state index in [2.05, 4.69) is 4.98 Å². The Balaban J connectivity index is 2.00. The van der Waals surface area contributed by atoms with Crippen molar-refractivity contribution in [1.82, 2.24) is 9.55 Å². The Bertz CT molecular complexity index is 805. The van der Waals surface area contributed by atoms with E-state index in [4.69, 9.17) is 0 Å². The van der Waals surface area contributed by atoms with Gasteiger partial charge in [0.05, 0.1) is 7.05 Å². The topological polar surface area (TPSA) is 98.3 Å². The van der Waals surface area contributed by atoms with Crippen molar-refractivity contribution < 1.29 is 14.8 Å². The second-order valence-corrected chi connectivity index (χ2v) is 4.81. The summed E-state index contributed by atoms with van der Waals surface area (Å²) in [5, 5.41) is 20.2. The van der Waals surface area contributed by atoms with E-state index < -0.39 is 4.92 Å². The normalized spacial score (nSPS) is 15.5. The molecule has 1 N–H and O–H groups in total. The minimum absolute atomic E-state index is 0.107. The lowest BCUT2D eigenvalue weighted by Gasteiger charge is -1.96. The third kappa shape index (κ3) is 2.08. The molecule has 0 spiro atoms. The molecule has 1 aliphatic carbocycles. The van der Waals surface area contributed by atoms with Gasteiger partial charge in [-0.2, -0.15) is 0 Å². The first-order valence-corrected chi connectivity index (χ1v) is 6.20. The number of aromatic nitrogens is 2. The van der Waals surface area contributed by atoms with Crippen LogP contribution in [0.25, 0.3) is 6.08 Å². The number of hydrogen-bond donors (Lipinski definition) is 1. The maximum Gasteiger partial charge on any atom is 0.342 e. The number of rotatable bonds is 2. The molecule has 0 saturated heterocycles. The average Bonchev–Trinajstić information content (AvgIpc) is 2.92. The quantitative estimate of drug-likeness (QED) is 0.516. The van der Waals surface area contributed by atoms with Crippen molar-refractivity contribution in [2.75, 3.05) is 0 Å². The highest BCUT2D eigenvalue weighted by Gasteiger charge is 2.26. The molecule has 0 aliphatic heterocycles. The van der Waals surface area contributed by atoms with Crippen LogP contribution in [0.4, 0.5) is 5.82 Å². The predicted molar refractivity (Wildman–Crippen MR) is 74.0 cm³/mol. The lowest BCUT2D eigenvalue weighted by atomic mass is 10.1. The Morgan fingerprint density at radius 3 is 2.90 bits per heavy atom. The predicted octanol–water partition coefficient (Wildman–Crippen LogP) is 1.86. The lowest BCUT2D eigenvalue weighted by Crippen LogP contribution is -2.01. The number of phenols is 1. The fourth-order valence-corrected chi connectivity index (χ4v) is 2.40. The van der Waals surface area contributed by atoms with Crippen LogP contribution in [0.3, 0.4) is 0 Å². The van der Waals surface area contributed by atoms with Crippen molar-refractivity contribution in [2.24, 2.45) is 7.05 Å². The summed E-state index contributed by atoms with van der Waals surface area (Å²) in [6.07, 6.45) is 3.08. The number of aromatic hydroxyl groups is 1. The SMILES string of the molecule is Cn1c([N+](=O)[O-])cnc1C=C1Cc2cc(O)ccc2C1=O. The van der Waals surface area contributed by atoms with Crippen LogP contribution in [-0.4, -0.2) is 25.4 Å². The number of benzene rings is 1. The molecule has 7 heteroatoms. The number of Topliss-reactive ketones (excluding diaryl/α,β-unsaturated/α-hetero) is 1. The molecule has 7 nitrogen and oxygen atoms in total. The lowest BCUT2D eigenvalue weighted by molar-refractivity contribution is -0.391. The van der Waals surface area contributed by atoms with Gasteiger partial charge in [0.25, 0.3) is 0 Å². The first kappa shape index (κ1) is 13.0. The van der Waals surface area contributed by atoms with Gasteiger partial charge in [0.1, 0.15) is 11.9 Å². The zero-order chi connectivity index (χ0) is 15.1. The summed E-state index contributed by atoms with van der Waals surface area (Å²) in [6.45, 7) is 0. The molecule has 1 aliphatic rings. The molecule has 0 atom stereocenters. The van der Waals surface area contributed by atoms with Gasteiger partial charge in [-0.15, -0.1) is 0 Å². The second kappa shape index (κ2) is 4.55. The Labute approximate surface area is 119 Å². The molecule has 21 heavy (non-hydrogen) atoms. The van der Waals surface area contributed by atoms with Crippen molar-refractivity contribution in [3.8, 4) is 5.75 Å². The van der Waals surface area contributed by atoms with Crippen molar-refractivity contribution in [1.29, 1.82) is 0 Å². The summed E-state index contributed by atoms with van der Waals surface area (Å²) in [6, 6.07) is 4.59. The molecule has 0 unspecified atom stereocenters. The van der Waals surface area contributed by atoms with Crippen LogP contribution in [0.2, 0.25) is 0 Å². The van der Waals surface area contributed by atoms with E-state index in [0.717, 1.165) is 11.8 Å². The van der Waals surface area contributed by atoms with Gasteiger partial charge in [-0.05, 0) is 28.7 Å². The van der Waals surface area contributed by atoms with E-state index in [0.29, 0.717) is 23.4 Å². The number of nitro groups is 1. The number of phenolic OH excluding ortho intramolecular Hbond substituents is 1. The fourth-order valence-electron chi connectivity index (χ4n) is 2.40. The van der Waals surface area contributed by atoms with Crippen LogP contribution >= 0.6 is 0 Å². The van der Waals surface area contributed by atoms with Crippen molar-refractivity contribution in [2.45, 2.75) is 6.42 Å². The zero-order valence-corrected chi connectivity index (χ0v) is 11.1. The highest BCUT2D eigenvalue weighted by atomic mass is 16.6. The van der Waals surface area contributed by atoms with Crippen LogP contribution in [-0.2, 0) is 13.5 Å². The Hall–Kier alpha value is -2.96. The molecule has 2 aromatic rings. The minimum Gasteiger partial charge on any atom is -0.508 e. The molecule has 0 radical (unpaired) electrons. The van der Waals surface area contributed by atoms with E-state index in [-0.39, 0.29) is 17.4 Å². The molecule has 0 saturated carbocycles. The summed E-state index contributed by atoms with van der Waals surface area (Å²) >= 11 is 0. The van der Waals surface area contributed by atoms with Gasteiger partial charge in [0, 0.05) is 23.6 Å². The van der Waals surface area contributed by atoms with Gasteiger partial charge < -0.3 is 15.2 Å². The van der Waals surface area contributed by atoms with Crippen LogP contribution in [0.5, 0.6) is 5.75 Å². The third-order valence-corrected chi connectivity index (χ3v) is 3.50. The van der Waals surface area contributed by atoms with Crippen LogP contribution in [0.1, 0.15) is 21.7 Å². The van der Waals surface area contributed by atoms with Gasteiger partial charge in [-0.3, -0.25) is 4.79 Å². The number of imidazole rings is 1. The average molecular weight is 285 g/mol. The van der Waals surface area contributed by atoms with Gasteiger partial charge >= 0.3 is 5.82 Å². The molecular formula is C14H11N3O4. The summed E-state index contributed by atoms with van der Waals surface area (Å²) in [4.78, 5) is 26.5. The highest BCUT2D eigenvalue weighted by molar-refractivity contribution is 6.15. The molecule has 0 fully saturated rings. The molecule has 1 aromatic carbocycles. The minimum atomic E-state index is -0.530. The van der Waals surface area contributed by atoms with Crippen LogP contribution in [0, 0.1) is 10.1 Å². The molecule has 1 aromatic heterocycles. The largest absolute Gasteiger partial charge is 0.508 e. The Morgan fingerprint density at radius 2 is 2.24 bits per heavy atom. The standard InChI is InChI=1S/C14H11N3O4/c1-16-12(15-7-13(16)17(20)21)6-9-4-8-5-10(18)2-3-11(8)14(9)19/h2-3,5-7,18H,4H2,1H3. The molecule has 0 bridgehead atoms. The third-order valence-electron chi connectivity index (χ3n) is 3.50. The van der Waals surface area contributed by atoms with E-state index in [1.165, 1.54) is 17.7 Å². The number of allylic oxidation sites excluding steroid dienone is 1. The van der Waals surface area contributed by atoms with E-state index >= 15 is 0 Å². The van der Waals surface area contributed by atoms with E-state index in [1.54, 1.807) is 18.2 Å². The number of hydrogen-bond acceptors (Lipinski definition) is 5. The molecule has 0 amide bonds. The second-order valence-electron chi connectivity index (χ2n) is 4.81. The maximum atomic E-state index is 12.2. The first-order valence-electron chi connectivity index (χ1n) is 6.20. The number of carbonyl (C=O) groups is 1. The molecule has 1 heterocycles. The molecular weight excluding hydrogens is 274 g/mol. The summed E-state index contributed by atoms with van der Waals surface area (Å²) in [5.74, 6) is 0.176. The molecule has 106 valence electrons. The van der Waals surface area contributed by atoms with Gasteiger partial charge in [-0.1, -0.05) is 0 Å². The van der Waals surface area contributed by atoms with E-state index in [1.807, 2.05) is 0 Å². The van der Waals surface area contributed by atoms with E-state index in [9.17, 15) is 20.0 Å². The summed E-state index contributed by atoms with van der Waals surface area (Å²) in [7, 11) is 1.52. The van der Waals surface area contributed by atoms with Crippen LogP contribution in [0.15, 0.2) is 30.0 Å². The monoisotopic (exact) mass is 285 g/mol. The van der Waals surface area contributed by atoms with Crippen molar-refractivity contribution >= 4 is 17.7 Å². The smallest absolute Gasteiger partial charge is 0.342 e. The first-order chi connectivity index (χ1) is 9.97. The number of ketones is 1. The van der Waals surface area contributed by atoms with Gasteiger partial charge in [0.2, 0.25) is 5.82 Å². The summed E-state index contributed by atoms with van der Waals surface area (Å²) < 4.78 is 1.32. The van der Waals surface area contributed by atoms with Crippen molar-refractivity contribution in [3.05, 3.63) is 57.0 Å². The number of nitrogens with zero attached hydrogens (tertiary/aromatic N) is 3. The number of carbonyl (C=O) groups excluding carboxylic acids is 1. The maximum absolute atomic E-state index is 12.2. The van der Waals surface area contributed by atoms with Crippen molar-refractivity contribution in [3.63, 3.8) is 0 Å². The Kier molecular flexibility index (Phi) is 2.83. The zero-order valence-electron chi connectivity index (χ0n) is 11.1. The van der Waals surface area contributed by atoms with Gasteiger partial charge in [0.15, 0.2) is 5.78 Å². The number of fused-ring (bicyclic) bond motifs is 1. The Morgan fingerprint density at radius 1 is 1.48 bits per heavy atom. The van der Waals surface area contributed by atoms with Crippen LogP contribution < -0.4 is 0 Å².